The molecule has 0 unspecified atom stereocenters. The lowest BCUT2D eigenvalue weighted by atomic mass is 10.1. The lowest BCUT2D eigenvalue weighted by molar-refractivity contribution is -0.139. The van der Waals surface area contributed by atoms with Gasteiger partial charge in [-0.1, -0.05) is 41.9 Å². The fraction of sp³-hybridized carbons (Fsp3) is 0.310. The first-order chi connectivity index (χ1) is 19.0. The van der Waals surface area contributed by atoms with E-state index >= 15 is 0 Å². The lowest BCUT2D eigenvalue weighted by Gasteiger charge is -2.32. The number of hydrogen-bond donors (Lipinski definition) is 1. The second-order valence-corrected chi connectivity index (χ2v) is 11.6. The number of sulfonamides is 1. The standard InChI is InChI=1S/C29H34ClN3O6S/c1-20(2)31-29(35)21(3)32(18-22-10-6-7-11-25(22)30)28(34)19-33(26-12-8-9-13-27(26)39-5)40(36,37)24-16-14-23(38-4)15-17-24/h6-17,20-21H,18-19H2,1-5H3,(H,31,35)/t21-/m0/s1. The number of methoxy groups -OCH3 is 2. The molecule has 0 aliphatic carbocycles. The minimum Gasteiger partial charge on any atom is -0.497 e. The Morgan fingerprint density at radius 3 is 2.12 bits per heavy atom. The van der Waals surface area contributed by atoms with E-state index in [1.165, 1.54) is 43.4 Å². The van der Waals surface area contributed by atoms with E-state index < -0.39 is 28.5 Å². The summed E-state index contributed by atoms with van der Waals surface area (Å²) in [4.78, 5) is 28.3. The predicted octanol–water partition coefficient (Wildman–Crippen LogP) is 4.49. The Hall–Kier alpha value is -3.76. The first-order valence-electron chi connectivity index (χ1n) is 12.6. The van der Waals surface area contributed by atoms with Gasteiger partial charge in [0.25, 0.3) is 10.0 Å². The Morgan fingerprint density at radius 2 is 1.52 bits per heavy atom. The Bertz CT molecular complexity index is 1430. The van der Waals surface area contributed by atoms with Crippen molar-refractivity contribution in [2.24, 2.45) is 0 Å². The average Bonchev–Trinajstić information content (AvgIpc) is 2.94. The van der Waals surface area contributed by atoms with Gasteiger partial charge in [-0.15, -0.1) is 0 Å². The molecule has 0 radical (unpaired) electrons. The van der Waals surface area contributed by atoms with Crippen molar-refractivity contribution in [2.45, 2.75) is 44.3 Å². The molecule has 0 saturated carbocycles. The third-order valence-corrected chi connectivity index (χ3v) is 8.32. The zero-order valence-corrected chi connectivity index (χ0v) is 24.7. The van der Waals surface area contributed by atoms with Crippen molar-refractivity contribution in [1.29, 1.82) is 0 Å². The molecule has 1 atom stereocenters. The van der Waals surface area contributed by atoms with Crippen LogP contribution in [0.25, 0.3) is 0 Å². The monoisotopic (exact) mass is 587 g/mol. The van der Waals surface area contributed by atoms with Crippen LogP contribution in [-0.2, 0) is 26.2 Å². The molecule has 0 aliphatic rings. The van der Waals surface area contributed by atoms with E-state index in [4.69, 9.17) is 21.1 Å². The number of halogens is 1. The quantitative estimate of drug-likeness (QED) is 0.335. The summed E-state index contributed by atoms with van der Waals surface area (Å²) in [6.07, 6.45) is 0. The molecule has 0 aromatic heterocycles. The molecular weight excluding hydrogens is 554 g/mol. The molecule has 3 rings (SSSR count). The van der Waals surface area contributed by atoms with Gasteiger partial charge in [-0.05, 0) is 68.8 Å². The van der Waals surface area contributed by atoms with Gasteiger partial charge in [-0.3, -0.25) is 13.9 Å². The molecule has 11 heteroatoms. The molecule has 0 spiro atoms. The van der Waals surface area contributed by atoms with E-state index in [0.717, 1.165) is 4.31 Å². The van der Waals surface area contributed by atoms with Gasteiger partial charge >= 0.3 is 0 Å². The highest BCUT2D eigenvalue weighted by atomic mass is 35.5. The van der Waals surface area contributed by atoms with Gasteiger partial charge in [0.15, 0.2) is 0 Å². The Labute approximate surface area is 240 Å². The van der Waals surface area contributed by atoms with Crippen LogP contribution < -0.4 is 19.1 Å². The van der Waals surface area contributed by atoms with Crippen LogP contribution in [0.1, 0.15) is 26.3 Å². The molecule has 0 aliphatic heterocycles. The number of carbonyl (C=O) groups is 2. The SMILES string of the molecule is COc1ccc(S(=O)(=O)N(CC(=O)N(Cc2ccccc2Cl)[C@@H](C)C(=O)NC(C)C)c2ccccc2OC)cc1. The number of rotatable bonds is 12. The lowest BCUT2D eigenvalue weighted by Crippen LogP contribution is -2.52. The molecule has 9 nitrogen and oxygen atoms in total. The van der Waals surface area contributed by atoms with Gasteiger partial charge in [0.2, 0.25) is 11.8 Å². The molecule has 0 heterocycles. The summed E-state index contributed by atoms with van der Waals surface area (Å²) in [7, 11) is -1.37. The minimum atomic E-state index is -4.26. The number of benzene rings is 3. The maximum atomic E-state index is 14.0. The molecule has 3 aromatic carbocycles. The highest BCUT2D eigenvalue weighted by Crippen LogP contribution is 2.33. The van der Waals surface area contributed by atoms with E-state index in [9.17, 15) is 18.0 Å². The molecule has 0 bridgehead atoms. The van der Waals surface area contributed by atoms with Gasteiger partial charge < -0.3 is 19.7 Å². The van der Waals surface area contributed by atoms with Gasteiger partial charge in [-0.2, -0.15) is 0 Å². The summed E-state index contributed by atoms with van der Waals surface area (Å²) in [5, 5.41) is 3.24. The summed E-state index contributed by atoms with van der Waals surface area (Å²) in [5.41, 5.74) is 0.787. The third kappa shape index (κ3) is 7.25. The van der Waals surface area contributed by atoms with Crippen molar-refractivity contribution >= 4 is 39.1 Å². The smallest absolute Gasteiger partial charge is 0.264 e. The Balaban J connectivity index is 2.08. The normalized spacial score (nSPS) is 12.0. The zero-order chi connectivity index (χ0) is 29.4. The highest BCUT2D eigenvalue weighted by Gasteiger charge is 2.34. The Morgan fingerprint density at radius 1 is 0.900 bits per heavy atom. The second-order valence-electron chi connectivity index (χ2n) is 9.31. The molecule has 0 saturated heterocycles. The van der Waals surface area contributed by atoms with Crippen molar-refractivity contribution in [3.8, 4) is 11.5 Å². The summed E-state index contributed by atoms with van der Waals surface area (Å²) < 4.78 is 39.6. The van der Waals surface area contributed by atoms with Gasteiger partial charge in [0.1, 0.15) is 24.1 Å². The number of ether oxygens (including phenoxy) is 2. The van der Waals surface area contributed by atoms with E-state index in [2.05, 4.69) is 5.32 Å². The molecule has 0 fully saturated rings. The van der Waals surface area contributed by atoms with E-state index in [-0.39, 0.29) is 34.8 Å². The average molecular weight is 588 g/mol. The molecule has 2 amide bonds. The maximum absolute atomic E-state index is 14.0. The van der Waals surface area contributed by atoms with Crippen LogP contribution in [0.5, 0.6) is 11.5 Å². The topological polar surface area (TPSA) is 105 Å². The van der Waals surface area contributed by atoms with Crippen molar-refractivity contribution in [1.82, 2.24) is 10.2 Å². The van der Waals surface area contributed by atoms with E-state index in [0.29, 0.717) is 16.3 Å². The van der Waals surface area contributed by atoms with Crippen LogP contribution in [0, 0.1) is 0 Å². The first-order valence-corrected chi connectivity index (χ1v) is 14.4. The third-order valence-electron chi connectivity index (χ3n) is 6.18. The van der Waals surface area contributed by atoms with Crippen molar-refractivity contribution in [3.63, 3.8) is 0 Å². The van der Waals surface area contributed by atoms with E-state index in [1.54, 1.807) is 55.5 Å². The Kier molecular flexibility index (Phi) is 10.4. The van der Waals surface area contributed by atoms with Crippen molar-refractivity contribution in [2.75, 3.05) is 25.1 Å². The van der Waals surface area contributed by atoms with Gasteiger partial charge in [0.05, 0.1) is 24.8 Å². The summed E-state index contributed by atoms with van der Waals surface area (Å²) in [6.45, 7) is 4.62. The number of hydrogen-bond acceptors (Lipinski definition) is 6. The van der Waals surface area contributed by atoms with Crippen LogP contribution >= 0.6 is 11.6 Å². The van der Waals surface area contributed by atoms with Gasteiger partial charge in [0, 0.05) is 17.6 Å². The van der Waals surface area contributed by atoms with Crippen LogP contribution in [0.3, 0.4) is 0 Å². The largest absolute Gasteiger partial charge is 0.497 e. The van der Waals surface area contributed by atoms with Crippen molar-refractivity contribution < 1.29 is 27.5 Å². The number of anilines is 1. The second kappa shape index (κ2) is 13.5. The molecule has 214 valence electrons. The number of carbonyl (C=O) groups excluding carboxylic acids is 2. The van der Waals surface area contributed by atoms with Crippen molar-refractivity contribution in [3.05, 3.63) is 83.4 Å². The fourth-order valence-electron chi connectivity index (χ4n) is 4.02. The highest BCUT2D eigenvalue weighted by molar-refractivity contribution is 7.92. The first kappa shape index (κ1) is 30.8. The minimum absolute atomic E-state index is 0.00641. The van der Waals surface area contributed by atoms with Gasteiger partial charge in [-0.25, -0.2) is 8.42 Å². The number of amides is 2. The zero-order valence-electron chi connectivity index (χ0n) is 23.1. The number of nitrogens with zero attached hydrogens (tertiary/aromatic N) is 2. The number of nitrogens with one attached hydrogen (secondary N) is 1. The molecular formula is C29H34ClN3O6S. The summed E-state index contributed by atoms with van der Waals surface area (Å²) >= 11 is 6.39. The number of para-hydroxylation sites is 2. The fourth-order valence-corrected chi connectivity index (χ4v) is 5.64. The predicted molar refractivity (Wildman–Crippen MR) is 155 cm³/mol. The summed E-state index contributed by atoms with van der Waals surface area (Å²) in [5.74, 6) is -0.239. The van der Waals surface area contributed by atoms with Crippen LogP contribution in [-0.4, -0.2) is 58.0 Å². The molecule has 1 N–H and O–H groups in total. The van der Waals surface area contributed by atoms with Crippen LogP contribution in [0.2, 0.25) is 5.02 Å². The molecule has 3 aromatic rings. The summed E-state index contributed by atoms with van der Waals surface area (Å²) in [6, 6.07) is 18.3. The molecule has 40 heavy (non-hydrogen) atoms. The van der Waals surface area contributed by atoms with Crippen LogP contribution in [0.4, 0.5) is 5.69 Å². The van der Waals surface area contributed by atoms with E-state index in [1.807, 2.05) is 13.8 Å². The van der Waals surface area contributed by atoms with Crippen LogP contribution in [0.15, 0.2) is 77.7 Å². The maximum Gasteiger partial charge on any atom is 0.264 e.